The van der Waals surface area contributed by atoms with E-state index in [-0.39, 0.29) is 5.57 Å². The SMILES string of the molecule is C=CCc1cc(/C=C(/C#N)C(=O)NCCCc2ccccc2)cc(OCC)c1OCc1cccc2ccccc12. The van der Waals surface area contributed by atoms with Gasteiger partial charge in [-0.05, 0) is 71.9 Å². The Labute approximate surface area is 236 Å². The molecule has 0 aliphatic carbocycles. The van der Waals surface area contributed by atoms with Crippen molar-refractivity contribution in [1.29, 1.82) is 5.26 Å². The molecule has 202 valence electrons. The van der Waals surface area contributed by atoms with Crippen LogP contribution in [-0.2, 0) is 24.2 Å². The van der Waals surface area contributed by atoms with E-state index in [1.165, 1.54) is 5.56 Å². The van der Waals surface area contributed by atoms with Gasteiger partial charge in [0.05, 0.1) is 6.61 Å². The molecule has 0 fully saturated rings. The summed E-state index contributed by atoms with van der Waals surface area (Å²) in [6, 6.07) is 30.3. The molecule has 0 heterocycles. The summed E-state index contributed by atoms with van der Waals surface area (Å²) >= 11 is 0. The van der Waals surface area contributed by atoms with Crippen molar-refractivity contribution in [3.8, 4) is 17.6 Å². The van der Waals surface area contributed by atoms with Gasteiger partial charge < -0.3 is 14.8 Å². The lowest BCUT2D eigenvalue weighted by atomic mass is 10.0. The first kappa shape index (κ1) is 28.2. The fraction of sp³-hybridized carbons (Fsp3) is 0.200. The maximum atomic E-state index is 12.8. The van der Waals surface area contributed by atoms with Gasteiger partial charge in [-0.3, -0.25) is 4.79 Å². The Morgan fingerprint density at radius 2 is 1.75 bits per heavy atom. The number of hydrogen-bond donors (Lipinski definition) is 1. The van der Waals surface area contributed by atoms with Gasteiger partial charge >= 0.3 is 0 Å². The van der Waals surface area contributed by atoms with E-state index in [0.717, 1.165) is 34.7 Å². The normalized spacial score (nSPS) is 11.1. The van der Waals surface area contributed by atoms with Gasteiger partial charge in [-0.25, -0.2) is 0 Å². The van der Waals surface area contributed by atoms with Gasteiger partial charge in [0, 0.05) is 12.1 Å². The molecule has 40 heavy (non-hydrogen) atoms. The first-order valence-electron chi connectivity index (χ1n) is 13.6. The van der Waals surface area contributed by atoms with Crippen LogP contribution in [-0.4, -0.2) is 19.1 Å². The smallest absolute Gasteiger partial charge is 0.261 e. The summed E-state index contributed by atoms with van der Waals surface area (Å²) in [6.45, 7) is 7.11. The number of nitrogens with zero attached hydrogens (tertiary/aromatic N) is 1. The van der Waals surface area contributed by atoms with Gasteiger partial charge in [0.1, 0.15) is 18.2 Å². The summed E-state index contributed by atoms with van der Waals surface area (Å²) in [6.07, 6.45) is 5.58. The molecule has 4 aromatic rings. The lowest BCUT2D eigenvalue weighted by Gasteiger charge is -2.17. The Kier molecular flexibility index (Phi) is 10.1. The highest BCUT2D eigenvalue weighted by Crippen LogP contribution is 2.36. The van der Waals surface area contributed by atoms with Crippen LogP contribution in [0.4, 0.5) is 0 Å². The number of nitrogens with one attached hydrogen (secondary N) is 1. The number of rotatable bonds is 13. The Bertz CT molecular complexity index is 1530. The minimum atomic E-state index is -0.393. The van der Waals surface area contributed by atoms with E-state index < -0.39 is 5.91 Å². The highest BCUT2D eigenvalue weighted by Gasteiger charge is 2.16. The van der Waals surface area contributed by atoms with Crippen LogP contribution in [0, 0.1) is 11.3 Å². The van der Waals surface area contributed by atoms with Crippen molar-refractivity contribution in [2.45, 2.75) is 32.8 Å². The molecule has 0 aliphatic heterocycles. The Morgan fingerprint density at radius 1 is 0.975 bits per heavy atom. The number of aryl methyl sites for hydroxylation is 1. The number of carbonyl (C=O) groups excluding carboxylic acids is 1. The molecule has 0 saturated heterocycles. The molecule has 0 atom stereocenters. The largest absolute Gasteiger partial charge is 0.490 e. The van der Waals surface area contributed by atoms with E-state index in [2.05, 4.69) is 48.3 Å². The van der Waals surface area contributed by atoms with Crippen LogP contribution in [0.25, 0.3) is 16.8 Å². The third-order valence-electron chi connectivity index (χ3n) is 6.52. The molecule has 0 unspecified atom stereocenters. The number of allylic oxidation sites excluding steroid dienone is 1. The van der Waals surface area contributed by atoms with E-state index >= 15 is 0 Å². The van der Waals surface area contributed by atoms with Crippen molar-refractivity contribution in [3.05, 3.63) is 125 Å². The van der Waals surface area contributed by atoms with Gasteiger partial charge in [-0.1, -0.05) is 78.9 Å². The quantitative estimate of drug-likeness (QED) is 0.0859. The minimum absolute atomic E-state index is 0.0381. The molecule has 0 bridgehead atoms. The third kappa shape index (κ3) is 7.39. The van der Waals surface area contributed by atoms with Crippen molar-refractivity contribution in [1.82, 2.24) is 5.32 Å². The number of nitriles is 1. The van der Waals surface area contributed by atoms with Crippen LogP contribution >= 0.6 is 0 Å². The van der Waals surface area contributed by atoms with Crippen LogP contribution in [0.1, 0.15) is 35.6 Å². The summed E-state index contributed by atoms with van der Waals surface area (Å²) in [5, 5.41) is 14.9. The zero-order chi connectivity index (χ0) is 28.2. The maximum absolute atomic E-state index is 12.8. The number of fused-ring (bicyclic) bond motifs is 1. The fourth-order valence-electron chi connectivity index (χ4n) is 4.62. The minimum Gasteiger partial charge on any atom is -0.490 e. The molecule has 0 aliphatic rings. The monoisotopic (exact) mass is 530 g/mol. The average molecular weight is 531 g/mol. The van der Waals surface area contributed by atoms with Gasteiger partial charge in [0.2, 0.25) is 0 Å². The first-order valence-corrected chi connectivity index (χ1v) is 13.6. The molecule has 4 aromatic carbocycles. The van der Waals surface area contributed by atoms with E-state index in [1.54, 1.807) is 12.2 Å². The van der Waals surface area contributed by atoms with Gasteiger partial charge in [-0.2, -0.15) is 5.26 Å². The van der Waals surface area contributed by atoms with Gasteiger partial charge in [0.15, 0.2) is 11.5 Å². The van der Waals surface area contributed by atoms with E-state index in [1.807, 2.05) is 61.5 Å². The van der Waals surface area contributed by atoms with Crippen molar-refractivity contribution in [2.75, 3.05) is 13.2 Å². The zero-order valence-corrected chi connectivity index (χ0v) is 22.9. The second-order valence-electron chi connectivity index (χ2n) is 9.37. The van der Waals surface area contributed by atoms with E-state index in [9.17, 15) is 10.1 Å². The molecular weight excluding hydrogens is 496 g/mol. The summed E-state index contributed by atoms with van der Waals surface area (Å²) in [7, 11) is 0. The first-order chi connectivity index (χ1) is 19.6. The second-order valence-corrected chi connectivity index (χ2v) is 9.37. The lowest BCUT2D eigenvalue weighted by molar-refractivity contribution is -0.117. The molecule has 1 N–H and O–H groups in total. The van der Waals surface area contributed by atoms with E-state index in [0.29, 0.717) is 43.2 Å². The van der Waals surface area contributed by atoms with Crippen LogP contribution in [0.15, 0.2) is 103 Å². The maximum Gasteiger partial charge on any atom is 0.261 e. The molecule has 5 nitrogen and oxygen atoms in total. The predicted octanol–water partition coefficient (Wildman–Crippen LogP) is 7.20. The molecule has 0 spiro atoms. The van der Waals surface area contributed by atoms with Crippen molar-refractivity contribution < 1.29 is 14.3 Å². The summed E-state index contributed by atoms with van der Waals surface area (Å²) in [5.74, 6) is 0.805. The van der Waals surface area contributed by atoms with Crippen molar-refractivity contribution >= 4 is 22.8 Å². The van der Waals surface area contributed by atoms with Crippen molar-refractivity contribution in [3.63, 3.8) is 0 Å². The van der Waals surface area contributed by atoms with Crippen LogP contribution < -0.4 is 14.8 Å². The fourth-order valence-corrected chi connectivity index (χ4v) is 4.62. The molecule has 1 amide bonds. The Balaban J connectivity index is 1.53. The lowest BCUT2D eigenvalue weighted by Crippen LogP contribution is -2.25. The zero-order valence-electron chi connectivity index (χ0n) is 22.9. The van der Waals surface area contributed by atoms with Crippen LogP contribution in [0.2, 0.25) is 0 Å². The topological polar surface area (TPSA) is 71.4 Å². The number of amides is 1. The number of ether oxygens (including phenoxy) is 2. The highest BCUT2D eigenvalue weighted by molar-refractivity contribution is 6.01. The van der Waals surface area contributed by atoms with Crippen LogP contribution in [0.5, 0.6) is 11.5 Å². The van der Waals surface area contributed by atoms with Crippen LogP contribution in [0.3, 0.4) is 0 Å². The third-order valence-corrected chi connectivity index (χ3v) is 6.52. The predicted molar refractivity (Wildman–Crippen MR) is 161 cm³/mol. The molecule has 5 heteroatoms. The molecule has 4 rings (SSSR count). The summed E-state index contributed by atoms with van der Waals surface area (Å²) < 4.78 is 12.3. The summed E-state index contributed by atoms with van der Waals surface area (Å²) in [5.41, 5.74) is 3.89. The average Bonchev–Trinajstić information content (AvgIpc) is 2.98. The molecule has 0 radical (unpaired) electrons. The van der Waals surface area contributed by atoms with E-state index in [4.69, 9.17) is 9.47 Å². The molecule has 0 saturated carbocycles. The Morgan fingerprint density at radius 3 is 2.52 bits per heavy atom. The van der Waals surface area contributed by atoms with Gasteiger partial charge in [0.25, 0.3) is 5.91 Å². The second kappa shape index (κ2) is 14.4. The Hall–Kier alpha value is -4.82. The van der Waals surface area contributed by atoms with Gasteiger partial charge in [-0.15, -0.1) is 6.58 Å². The molecular formula is C35H34N2O3. The standard InChI is InChI=1S/C35H34N2O3/c1-3-12-29-21-27(22-31(24-36)35(38)37-20-11-15-26-13-6-5-7-14-26)23-33(39-4-2)34(29)40-25-30-18-10-17-28-16-8-9-19-32(28)30/h3,5-10,13-14,16-19,21-23H,1,4,11-12,15,20,25H2,2H3,(H,37,38)/b31-22-. The highest BCUT2D eigenvalue weighted by atomic mass is 16.5. The summed E-state index contributed by atoms with van der Waals surface area (Å²) in [4.78, 5) is 12.8. The molecule has 0 aromatic heterocycles. The number of carbonyl (C=O) groups is 1. The number of benzene rings is 4. The number of hydrogen-bond acceptors (Lipinski definition) is 4. The van der Waals surface area contributed by atoms with Crippen molar-refractivity contribution in [2.24, 2.45) is 0 Å².